The molecule has 1 aliphatic rings. The van der Waals surface area contributed by atoms with E-state index < -0.39 is 5.60 Å². The molecule has 1 unspecified atom stereocenters. The van der Waals surface area contributed by atoms with Gasteiger partial charge in [0.25, 0.3) is 0 Å². The summed E-state index contributed by atoms with van der Waals surface area (Å²) in [7, 11) is 1.78. The molecule has 2 aromatic rings. The molecule has 1 atom stereocenters. The summed E-state index contributed by atoms with van der Waals surface area (Å²) in [6.07, 6.45) is 4.28. The average Bonchev–Trinajstić information content (AvgIpc) is 2.91. The zero-order valence-electron chi connectivity index (χ0n) is 12.5. The molecule has 0 saturated heterocycles. The Morgan fingerprint density at radius 3 is 3.00 bits per heavy atom. The van der Waals surface area contributed by atoms with E-state index in [4.69, 9.17) is 0 Å². The van der Waals surface area contributed by atoms with Gasteiger partial charge in [0, 0.05) is 19.3 Å². The first kappa shape index (κ1) is 14.6. The molecule has 0 spiro atoms. The minimum absolute atomic E-state index is 0.183. The number of hydrogen-bond donors (Lipinski definition) is 3. The van der Waals surface area contributed by atoms with E-state index in [1.807, 2.05) is 24.3 Å². The minimum atomic E-state index is -1.00. The summed E-state index contributed by atoms with van der Waals surface area (Å²) in [5.41, 5.74) is 1.07. The predicted octanol–water partition coefficient (Wildman–Crippen LogP) is 1.77. The van der Waals surface area contributed by atoms with Crippen LogP contribution in [0, 0.1) is 0 Å². The van der Waals surface area contributed by atoms with Crippen molar-refractivity contribution < 1.29 is 9.90 Å². The first-order valence-electron chi connectivity index (χ1n) is 7.42. The quantitative estimate of drug-likeness (QED) is 0.808. The Labute approximate surface area is 129 Å². The number of rotatable bonds is 3. The summed E-state index contributed by atoms with van der Waals surface area (Å²) >= 11 is 0. The Kier molecular flexibility index (Phi) is 3.85. The number of nitrogens with zero attached hydrogens (tertiary/aromatic N) is 2. The zero-order chi connectivity index (χ0) is 15.6. The highest BCUT2D eigenvalue weighted by atomic mass is 16.3. The largest absolute Gasteiger partial charge is 0.383 e. The topological polar surface area (TPSA) is 79.2 Å². The van der Waals surface area contributed by atoms with Crippen LogP contribution in [0.2, 0.25) is 0 Å². The van der Waals surface area contributed by atoms with E-state index in [1.165, 1.54) is 0 Å². The van der Waals surface area contributed by atoms with Crippen molar-refractivity contribution in [3.63, 3.8) is 0 Å². The number of carbonyl (C=O) groups is 1. The van der Waals surface area contributed by atoms with Gasteiger partial charge in [0.15, 0.2) is 5.82 Å². The lowest BCUT2D eigenvalue weighted by atomic mass is 9.79. The maximum absolute atomic E-state index is 11.9. The lowest BCUT2D eigenvalue weighted by Gasteiger charge is -2.34. The number of benzene rings is 1. The number of aryl methyl sites for hydroxylation is 2. The van der Waals surface area contributed by atoms with Crippen LogP contribution in [0.25, 0.3) is 0 Å². The van der Waals surface area contributed by atoms with E-state index in [0.717, 1.165) is 24.0 Å². The van der Waals surface area contributed by atoms with E-state index >= 15 is 0 Å². The molecule has 1 heterocycles. The Bertz CT molecular complexity index is 682. The van der Waals surface area contributed by atoms with Crippen LogP contribution in [0.5, 0.6) is 0 Å². The molecule has 0 saturated carbocycles. The van der Waals surface area contributed by atoms with E-state index in [0.29, 0.717) is 12.2 Å². The molecule has 3 rings (SSSR count). The number of aliphatic hydroxyl groups is 1. The highest BCUT2D eigenvalue weighted by Crippen LogP contribution is 2.34. The van der Waals surface area contributed by atoms with Gasteiger partial charge in [-0.25, -0.2) is 4.79 Å². The molecule has 6 nitrogen and oxygen atoms in total. The molecule has 22 heavy (non-hydrogen) atoms. The van der Waals surface area contributed by atoms with Gasteiger partial charge in [-0.1, -0.05) is 24.3 Å². The molecule has 1 aromatic carbocycles. The van der Waals surface area contributed by atoms with Gasteiger partial charge in [0.1, 0.15) is 5.60 Å². The lowest BCUT2D eigenvalue weighted by molar-refractivity contribution is 0.0221. The second-order valence-electron chi connectivity index (χ2n) is 5.72. The van der Waals surface area contributed by atoms with Gasteiger partial charge in [-0.05, 0) is 30.4 Å². The summed E-state index contributed by atoms with van der Waals surface area (Å²) in [6, 6.07) is 9.22. The Morgan fingerprint density at radius 1 is 1.41 bits per heavy atom. The maximum Gasteiger partial charge on any atom is 0.320 e. The third kappa shape index (κ3) is 2.96. The molecular weight excluding hydrogens is 280 g/mol. The SMILES string of the molecule is Cn1ccc(NC(=O)NCC2(O)CCCc3ccccc32)n1. The molecule has 0 radical (unpaired) electrons. The Hall–Kier alpha value is -2.34. The van der Waals surface area contributed by atoms with Gasteiger partial charge < -0.3 is 10.4 Å². The normalized spacial score (nSPS) is 20.3. The molecule has 6 heteroatoms. The molecule has 2 amide bonds. The van der Waals surface area contributed by atoms with Crippen molar-refractivity contribution in [3.8, 4) is 0 Å². The fourth-order valence-corrected chi connectivity index (χ4v) is 2.95. The Balaban J connectivity index is 1.65. The van der Waals surface area contributed by atoms with Crippen LogP contribution in [-0.4, -0.2) is 27.5 Å². The van der Waals surface area contributed by atoms with E-state index in [-0.39, 0.29) is 12.6 Å². The second-order valence-corrected chi connectivity index (χ2v) is 5.72. The fraction of sp³-hybridized carbons (Fsp3) is 0.375. The zero-order valence-corrected chi connectivity index (χ0v) is 12.5. The van der Waals surface area contributed by atoms with Crippen LogP contribution in [0.1, 0.15) is 24.0 Å². The second kappa shape index (κ2) is 5.81. The van der Waals surface area contributed by atoms with Crippen LogP contribution in [0.15, 0.2) is 36.5 Å². The summed E-state index contributed by atoms with van der Waals surface area (Å²) in [4.78, 5) is 11.9. The smallest absolute Gasteiger partial charge is 0.320 e. The third-order valence-corrected chi connectivity index (χ3v) is 4.05. The lowest BCUT2D eigenvalue weighted by Crippen LogP contribution is -2.44. The summed E-state index contributed by atoms with van der Waals surface area (Å²) in [5.74, 6) is 0.482. The first-order chi connectivity index (χ1) is 10.6. The molecule has 0 bridgehead atoms. The summed E-state index contributed by atoms with van der Waals surface area (Å²) in [6.45, 7) is 0.183. The minimum Gasteiger partial charge on any atom is -0.383 e. The van der Waals surface area contributed by atoms with Crippen molar-refractivity contribution >= 4 is 11.8 Å². The monoisotopic (exact) mass is 300 g/mol. The van der Waals surface area contributed by atoms with Gasteiger partial charge in [0.05, 0.1) is 6.54 Å². The number of aromatic nitrogens is 2. The number of hydrogen-bond acceptors (Lipinski definition) is 3. The predicted molar refractivity (Wildman–Crippen MR) is 83.5 cm³/mol. The van der Waals surface area contributed by atoms with Crippen LogP contribution in [0.3, 0.4) is 0 Å². The molecule has 3 N–H and O–H groups in total. The highest BCUT2D eigenvalue weighted by molar-refractivity contribution is 5.88. The number of carbonyl (C=O) groups excluding carboxylic acids is 1. The highest BCUT2D eigenvalue weighted by Gasteiger charge is 2.34. The van der Waals surface area contributed by atoms with Crippen LogP contribution >= 0.6 is 0 Å². The van der Waals surface area contributed by atoms with E-state index in [2.05, 4.69) is 15.7 Å². The van der Waals surface area contributed by atoms with Crippen molar-refractivity contribution in [2.45, 2.75) is 24.9 Å². The molecule has 0 aliphatic heterocycles. The van der Waals surface area contributed by atoms with E-state index in [1.54, 1.807) is 24.0 Å². The van der Waals surface area contributed by atoms with Gasteiger partial charge in [-0.3, -0.25) is 10.00 Å². The van der Waals surface area contributed by atoms with Crippen LogP contribution < -0.4 is 10.6 Å². The van der Waals surface area contributed by atoms with Crippen molar-refractivity contribution in [2.75, 3.05) is 11.9 Å². The summed E-state index contributed by atoms with van der Waals surface area (Å²) < 4.78 is 1.61. The number of fused-ring (bicyclic) bond motifs is 1. The van der Waals surface area contributed by atoms with E-state index in [9.17, 15) is 9.90 Å². The van der Waals surface area contributed by atoms with Crippen molar-refractivity contribution in [1.29, 1.82) is 0 Å². The number of anilines is 1. The summed E-state index contributed by atoms with van der Waals surface area (Å²) in [5, 5.41) is 20.4. The van der Waals surface area contributed by atoms with Gasteiger partial charge >= 0.3 is 6.03 Å². The van der Waals surface area contributed by atoms with Gasteiger partial charge in [-0.15, -0.1) is 0 Å². The van der Waals surface area contributed by atoms with Crippen molar-refractivity contribution in [3.05, 3.63) is 47.7 Å². The number of urea groups is 1. The fourth-order valence-electron chi connectivity index (χ4n) is 2.95. The number of amides is 2. The van der Waals surface area contributed by atoms with Crippen LogP contribution in [-0.2, 0) is 19.1 Å². The molecular formula is C16H20N4O2. The number of nitrogens with one attached hydrogen (secondary N) is 2. The average molecular weight is 300 g/mol. The van der Waals surface area contributed by atoms with Gasteiger partial charge in [-0.2, -0.15) is 5.10 Å². The standard InChI is InChI=1S/C16H20N4O2/c1-20-10-8-14(19-20)18-15(21)17-11-16(22)9-4-6-12-5-2-3-7-13(12)16/h2-3,5,7-8,10,22H,4,6,9,11H2,1H3,(H2,17,18,19,21). The molecule has 1 aromatic heterocycles. The molecule has 0 fully saturated rings. The first-order valence-corrected chi connectivity index (χ1v) is 7.42. The maximum atomic E-state index is 11.9. The molecule has 1 aliphatic carbocycles. The van der Waals surface area contributed by atoms with Crippen LogP contribution in [0.4, 0.5) is 10.6 Å². The van der Waals surface area contributed by atoms with Crippen molar-refractivity contribution in [1.82, 2.24) is 15.1 Å². The van der Waals surface area contributed by atoms with Gasteiger partial charge in [0.2, 0.25) is 0 Å². The van der Waals surface area contributed by atoms with Crippen molar-refractivity contribution in [2.24, 2.45) is 7.05 Å². The molecule has 116 valence electrons. The Morgan fingerprint density at radius 2 is 2.23 bits per heavy atom. The third-order valence-electron chi connectivity index (χ3n) is 4.05.